The van der Waals surface area contributed by atoms with E-state index in [1.165, 1.54) is 17.1 Å². The van der Waals surface area contributed by atoms with Crippen molar-refractivity contribution in [3.05, 3.63) is 12.2 Å². The molecule has 1 saturated heterocycles. The number of amides is 2. The van der Waals surface area contributed by atoms with Crippen molar-refractivity contribution < 1.29 is 9.59 Å². The number of carbonyl (C=O) groups excluding carboxylic acids is 2. The molecule has 0 aromatic rings. The van der Waals surface area contributed by atoms with Gasteiger partial charge in [0, 0.05) is 37.7 Å². The third kappa shape index (κ3) is 1.78. The summed E-state index contributed by atoms with van der Waals surface area (Å²) in [5, 5.41) is 3.10. The molecule has 0 atom stereocenters. The molecular weight excluding hydrogens is 168 g/mol. The van der Waals surface area contributed by atoms with Crippen molar-refractivity contribution in [1.29, 1.82) is 0 Å². The van der Waals surface area contributed by atoms with Crippen LogP contribution in [0.2, 0.25) is 0 Å². The Labute approximate surface area is 77.6 Å². The molecule has 2 aliphatic heterocycles. The summed E-state index contributed by atoms with van der Waals surface area (Å²) in [6.45, 7) is 2.39. The summed E-state index contributed by atoms with van der Waals surface area (Å²) in [7, 11) is 0. The molecule has 4 heteroatoms. The first-order valence-corrected chi connectivity index (χ1v) is 4.01. The molecular formula is C9H14N2O2. The molecule has 1 fully saturated rings. The third-order valence-electron chi connectivity index (χ3n) is 2.21. The number of carbonyl (C=O) groups is 2. The normalized spacial score (nSPS) is 21.7. The number of rotatable bonds is 2. The Hall–Kier alpha value is -1.16. The van der Waals surface area contributed by atoms with Crippen LogP contribution in [0.15, 0.2) is 12.2 Å². The van der Waals surface area contributed by atoms with E-state index < -0.39 is 0 Å². The summed E-state index contributed by atoms with van der Waals surface area (Å²) < 4.78 is 0. The first-order valence-electron chi connectivity index (χ1n) is 4.01. The highest BCUT2D eigenvalue weighted by atomic mass is 16.2. The van der Waals surface area contributed by atoms with E-state index in [2.05, 4.69) is 5.32 Å². The van der Waals surface area contributed by atoms with Crippen molar-refractivity contribution in [1.82, 2.24) is 10.2 Å². The van der Waals surface area contributed by atoms with Gasteiger partial charge in [-0.15, -0.1) is 0 Å². The minimum Gasteiger partial charge on any atom is -0.316 e. The molecule has 0 spiro atoms. The summed E-state index contributed by atoms with van der Waals surface area (Å²) >= 11 is 0. The smallest absolute Gasteiger partial charge is 0.253 e. The lowest BCUT2D eigenvalue weighted by atomic mass is 10.0. The molecule has 0 unspecified atom stereocenters. The van der Waals surface area contributed by atoms with Crippen molar-refractivity contribution in [2.45, 2.75) is 7.43 Å². The van der Waals surface area contributed by atoms with Crippen molar-refractivity contribution in [2.24, 2.45) is 5.92 Å². The quantitative estimate of drug-likeness (QED) is 0.600. The molecule has 0 aromatic carbocycles. The van der Waals surface area contributed by atoms with E-state index in [9.17, 15) is 9.59 Å². The van der Waals surface area contributed by atoms with E-state index >= 15 is 0 Å². The van der Waals surface area contributed by atoms with Crippen molar-refractivity contribution >= 4 is 11.8 Å². The Morgan fingerprint density at radius 2 is 1.85 bits per heavy atom. The van der Waals surface area contributed by atoms with Crippen molar-refractivity contribution in [3.8, 4) is 0 Å². The number of nitrogens with one attached hydrogen (secondary N) is 1. The van der Waals surface area contributed by atoms with Crippen LogP contribution in [-0.2, 0) is 9.59 Å². The molecule has 0 saturated carbocycles. The minimum absolute atomic E-state index is 0. The van der Waals surface area contributed by atoms with Gasteiger partial charge in [0.2, 0.25) is 0 Å². The molecule has 0 radical (unpaired) electrons. The van der Waals surface area contributed by atoms with Crippen LogP contribution in [0.4, 0.5) is 0 Å². The lowest BCUT2D eigenvalue weighted by molar-refractivity contribution is -0.137. The maximum Gasteiger partial charge on any atom is 0.253 e. The van der Waals surface area contributed by atoms with E-state index in [1.54, 1.807) is 0 Å². The van der Waals surface area contributed by atoms with E-state index in [-0.39, 0.29) is 19.2 Å². The van der Waals surface area contributed by atoms with Crippen LogP contribution in [0.1, 0.15) is 7.43 Å². The maximum absolute atomic E-state index is 11.1. The predicted octanol–water partition coefficient (Wildman–Crippen LogP) is -0.233. The van der Waals surface area contributed by atoms with Crippen LogP contribution in [0.5, 0.6) is 0 Å². The number of nitrogens with zero attached hydrogens (tertiary/aromatic N) is 1. The highest BCUT2D eigenvalue weighted by Crippen LogP contribution is 2.10. The summed E-state index contributed by atoms with van der Waals surface area (Å²) in [6, 6.07) is 0. The van der Waals surface area contributed by atoms with Crippen LogP contribution in [-0.4, -0.2) is 36.3 Å². The number of imide groups is 1. The summed E-state index contributed by atoms with van der Waals surface area (Å²) in [6.07, 6.45) is 2.66. The lowest BCUT2D eigenvalue weighted by Gasteiger charge is -2.30. The molecule has 2 heterocycles. The second kappa shape index (κ2) is 3.70. The molecule has 0 bridgehead atoms. The number of hydrogen-bond acceptors (Lipinski definition) is 3. The molecule has 4 nitrogen and oxygen atoms in total. The van der Waals surface area contributed by atoms with Gasteiger partial charge in [-0.05, 0) is 0 Å². The van der Waals surface area contributed by atoms with E-state index in [0.29, 0.717) is 12.5 Å². The lowest BCUT2D eigenvalue weighted by Crippen LogP contribution is -2.49. The average Bonchev–Trinajstić information content (AvgIpc) is 2.25. The second-order valence-electron chi connectivity index (χ2n) is 3.14. The van der Waals surface area contributed by atoms with Gasteiger partial charge in [-0.2, -0.15) is 0 Å². The van der Waals surface area contributed by atoms with E-state index in [1.807, 2.05) is 0 Å². The Kier molecular flexibility index (Phi) is 2.83. The topological polar surface area (TPSA) is 49.4 Å². The maximum atomic E-state index is 11.1. The SMILES string of the molecule is C.O=C1C=CC(=O)N1CC1CNC1. The molecule has 0 aromatic heterocycles. The zero-order chi connectivity index (χ0) is 8.55. The average molecular weight is 182 g/mol. The molecule has 2 aliphatic rings. The van der Waals surface area contributed by atoms with Gasteiger partial charge >= 0.3 is 0 Å². The molecule has 0 aliphatic carbocycles. The molecule has 2 amide bonds. The van der Waals surface area contributed by atoms with Crippen LogP contribution >= 0.6 is 0 Å². The first kappa shape index (κ1) is 9.92. The van der Waals surface area contributed by atoms with Gasteiger partial charge in [0.15, 0.2) is 0 Å². The van der Waals surface area contributed by atoms with Gasteiger partial charge in [0.05, 0.1) is 0 Å². The fourth-order valence-corrected chi connectivity index (χ4v) is 1.35. The van der Waals surface area contributed by atoms with Gasteiger partial charge in [0.25, 0.3) is 11.8 Å². The highest BCUT2D eigenvalue weighted by molar-refractivity contribution is 6.12. The zero-order valence-electron chi connectivity index (χ0n) is 6.62. The van der Waals surface area contributed by atoms with Gasteiger partial charge in [0.1, 0.15) is 0 Å². The van der Waals surface area contributed by atoms with Crippen LogP contribution in [0.3, 0.4) is 0 Å². The summed E-state index contributed by atoms with van der Waals surface area (Å²) in [5.74, 6) is 0.108. The highest BCUT2D eigenvalue weighted by Gasteiger charge is 2.28. The van der Waals surface area contributed by atoms with Crippen LogP contribution < -0.4 is 5.32 Å². The van der Waals surface area contributed by atoms with Crippen molar-refractivity contribution in [2.75, 3.05) is 19.6 Å². The summed E-state index contributed by atoms with van der Waals surface area (Å²) in [4.78, 5) is 23.4. The largest absolute Gasteiger partial charge is 0.316 e. The molecule has 1 N–H and O–H groups in total. The Morgan fingerprint density at radius 1 is 1.31 bits per heavy atom. The van der Waals surface area contributed by atoms with E-state index in [4.69, 9.17) is 0 Å². The fraction of sp³-hybridized carbons (Fsp3) is 0.556. The third-order valence-corrected chi connectivity index (χ3v) is 2.21. The predicted molar refractivity (Wildman–Crippen MR) is 49.0 cm³/mol. The van der Waals surface area contributed by atoms with Gasteiger partial charge < -0.3 is 5.32 Å². The fourth-order valence-electron chi connectivity index (χ4n) is 1.35. The Balaban J connectivity index is 0.000000845. The van der Waals surface area contributed by atoms with Gasteiger partial charge in [-0.1, -0.05) is 7.43 Å². The monoisotopic (exact) mass is 182 g/mol. The number of hydrogen-bond donors (Lipinski definition) is 1. The first-order chi connectivity index (χ1) is 5.77. The molecule has 2 rings (SSSR count). The zero-order valence-corrected chi connectivity index (χ0v) is 6.62. The van der Waals surface area contributed by atoms with E-state index in [0.717, 1.165) is 13.1 Å². The van der Waals surface area contributed by atoms with Crippen molar-refractivity contribution in [3.63, 3.8) is 0 Å². The second-order valence-corrected chi connectivity index (χ2v) is 3.14. The van der Waals surface area contributed by atoms with Gasteiger partial charge in [-0.3, -0.25) is 14.5 Å². The Morgan fingerprint density at radius 3 is 2.23 bits per heavy atom. The van der Waals surface area contributed by atoms with Crippen LogP contribution in [0, 0.1) is 5.92 Å². The standard InChI is InChI=1S/C8H10N2O2.CH4/c11-7-1-2-8(12)10(7)5-6-3-9-4-6;/h1-2,6,9H,3-5H2;1H4. The van der Waals surface area contributed by atoms with Crippen LogP contribution in [0.25, 0.3) is 0 Å². The Bertz CT molecular complexity index is 238. The van der Waals surface area contributed by atoms with Gasteiger partial charge in [-0.25, -0.2) is 0 Å². The summed E-state index contributed by atoms with van der Waals surface area (Å²) in [5.41, 5.74) is 0. The minimum atomic E-state index is -0.174. The molecule has 13 heavy (non-hydrogen) atoms. The molecule has 72 valence electrons.